The summed E-state index contributed by atoms with van der Waals surface area (Å²) in [5, 5.41) is 6.71. The second-order valence-corrected chi connectivity index (χ2v) is 16.1. The minimum Gasteiger partial charge on any atom is -0.358 e. The van der Waals surface area contributed by atoms with Gasteiger partial charge in [-0.05, 0) is 80.6 Å². The van der Waals surface area contributed by atoms with Gasteiger partial charge in [0.2, 0.25) is 0 Å². The van der Waals surface area contributed by atoms with Crippen molar-refractivity contribution in [3.63, 3.8) is 0 Å². The van der Waals surface area contributed by atoms with Crippen LogP contribution in [-0.4, -0.2) is 65.2 Å². The van der Waals surface area contributed by atoms with E-state index >= 15 is 0 Å². The summed E-state index contributed by atoms with van der Waals surface area (Å²) in [4.78, 5) is 65.7. The van der Waals surface area contributed by atoms with Gasteiger partial charge >= 0.3 is 0 Å². The van der Waals surface area contributed by atoms with E-state index in [1.54, 1.807) is 61.2 Å². The molecule has 3 N–H and O–H groups in total. The molecule has 0 amide bonds. The lowest BCUT2D eigenvalue weighted by molar-refractivity contribution is -0.0298. The summed E-state index contributed by atoms with van der Waals surface area (Å²) in [7, 11) is 0. The maximum Gasteiger partial charge on any atom is 0.269 e. The van der Waals surface area contributed by atoms with Crippen LogP contribution in [0.15, 0.2) is 132 Å². The van der Waals surface area contributed by atoms with Crippen LogP contribution in [0.1, 0.15) is 75.9 Å². The van der Waals surface area contributed by atoms with Crippen molar-refractivity contribution in [1.82, 2.24) is 58.6 Å². The number of aromatic amines is 1. The van der Waals surface area contributed by atoms with Gasteiger partial charge in [-0.3, -0.25) is 23.3 Å². The number of rotatable bonds is 11. The van der Waals surface area contributed by atoms with Crippen LogP contribution in [0.4, 0.5) is 20.4 Å². The van der Waals surface area contributed by atoms with Crippen molar-refractivity contribution < 1.29 is 13.5 Å². The molecule has 21 heteroatoms. The molecule has 0 saturated carbocycles. The van der Waals surface area contributed by atoms with E-state index in [0.29, 0.717) is 87.5 Å². The number of anilines is 2. The number of imidazole rings is 2. The van der Waals surface area contributed by atoms with Crippen molar-refractivity contribution in [3.05, 3.63) is 166 Å². The molecule has 7 heterocycles. The summed E-state index contributed by atoms with van der Waals surface area (Å²) in [6, 6.07) is 26.4. The van der Waals surface area contributed by atoms with Gasteiger partial charge in [0.15, 0.2) is 28.4 Å². The standard InChI is InChI=1S/C27H26FN7O2.C22H18FN7O.2ClH/c1-2-19(32-24-23-26(30-15-29-24)34(16-31-23)21-13-6-7-14-37-21)25-33-20-12-8-11-18(28)22(20)27(36)35(25)17-9-4-3-5-10-17;1-2-15(28-20-18-19(25-11-24-18)26-12-27-20)21-29-16-10-6-9-14(23)17(16)22(31)30(21)13-7-4-3-5-8-13;;/h3-5,8-12,15-16,19,21H,2,6-7,13-14H2,1H3,(H,29,30,32);3-12,15H,2H2,1H3,(H2,24,25,26,27,28);2*1H/t19-,21?;15-;;/m00../s1. The number of aromatic nitrogens is 12. The predicted molar refractivity (Wildman–Crippen MR) is 268 cm³/mol. The number of nitrogens with one attached hydrogen (secondary N) is 3. The van der Waals surface area contributed by atoms with E-state index in [1.807, 2.05) is 54.8 Å². The molecule has 10 aromatic rings. The minimum atomic E-state index is -0.597. The second kappa shape index (κ2) is 21.3. The van der Waals surface area contributed by atoms with Gasteiger partial charge in [-0.1, -0.05) is 62.4 Å². The van der Waals surface area contributed by atoms with E-state index in [9.17, 15) is 18.4 Å². The molecule has 17 nitrogen and oxygen atoms in total. The van der Waals surface area contributed by atoms with Crippen molar-refractivity contribution in [2.24, 2.45) is 0 Å². The summed E-state index contributed by atoms with van der Waals surface area (Å²) >= 11 is 0. The number of hydrogen-bond donors (Lipinski definition) is 3. The normalized spacial score (nSPS) is 14.3. The summed E-state index contributed by atoms with van der Waals surface area (Å²) < 4.78 is 40.1. The molecular weight excluding hydrogens is 942 g/mol. The molecule has 1 saturated heterocycles. The third-order valence-corrected chi connectivity index (χ3v) is 11.9. The van der Waals surface area contributed by atoms with Crippen LogP contribution in [0.25, 0.3) is 55.5 Å². The molecule has 1 aliphatic heterocycles. The number of ether oxygens (including phenoxy) is 1. The van der Waals surface area contributed by atoms with Crippen molar-refractivity contribution in [2.45, 2.75) is 64.3 Å². The number of fused-ring (bicyclic) bond motifs is 4. The molecule has 1 unspecified atom stereocenters. The van der Waals surface area contributed by atoms with Crippen LogP contribution < -0.4 is 21.8 Å². The smallest absolute Gasteiger partial charge is 0.269 e. The Morgan fingerprint density at radius 2 is 1.23 bits per heavy atom. The first-order chi connectivity index (χ1) is 33.3. The summed E-state index contributed by atoms with van der Waals surface area (Å²) in [5.41, 5.74) is 3.36. The van der Waals surface area contributed by atoms with Gasteiger partial charge in [0, 0.05) is 6.61 Å². The van der Waals surface area contributed by atoms with E-state index in [4.69, 9.17) is 14.7 Å². The average molecular weight is 988 g/mol. The Kier molecular flexibility index (Phi) is 14.8. The van der Waals surface area contributed by atoms with E-state index in [1.165, 1.54) is 33.9 Å². The molecule has 1 aliphatic rings. The fourth-order valence-electron chi connectivity index (χ4n) is 8.55. The molecule has 0 spiro atoms. The Hall–Kier alpha value is -7.74. The number of benzene rings is 4. The Morgan fingerprint density at radius 3 is 1.79 bits per heavy atom. The van der Waals surface area contributed by atoms with Crippen molar-refractivity contribution in [3.8, 4) is 11.4 Å². The van der Waals surface area contributed by atoms with E-state index < -0.39 is 28.8 Å². The van der Waals surface area contributed by atoms with Crippen molar-refractivity contribution in [1.29, 1.82) is 0 Å². The quantitative estimate of drug-likeness (QED) is 0.111. The van der Waals surface area contributed by atoms with Crippen molar-refractivity contribution >= 4 is 80.6 Å². The Morgan fingerprint density at radius 1 is 0.671 bits per heavy atom. The molecule has 6 aromatic heterocycles. The third kappa shape index (κ3) is 9.25. The number of hydrogen-bond acceptors (Lipinski definition) is 13. The topological polar surface area (TPSA) is 201 Å². The first-order valence-corrected chi connectivity index (χ1v) is 22.3. The molecular formula is C49H46Cl2F2N14O3. The zero-order valence-electron chi connectivity index (χ0n) is 37.7. The number of nitrogens with zero attached hydrogens (tertiary/aromatic N) is 11. The van der Waals surface area contributed by atoms with Gasteiger partial charge in [-0.25, -0.2) is 48.7 Å². The second-order valence-electron chi connectivity index (χ2n) is 16.1. The molecule has 4 aromatic carbocycles. The highest BCUT2D eigenvalue weighted by Gasteiger charge is 2.26. The van der Waals surface area contributed by atoms with E-state index in [-0.39, 0.29) is 47.9 Å². The van der Waals surface area contributed by atoms with Crippen molar-refractivity contribution in [2.75, 3.05) is 17.2 Å². The maximum absolute atomic E-state index is 14.7. The highest BCUT2D eigenvalue weighted by molar-refractivity contribution is 5.86. The third-order valence-electron chi connectivity index (χ3n) is 11.9. The first kappa shape index (κ1) is 48.7. The van der Waals surface area contributed by atoms with Crippen LogP contribution in [0.3, 0.4) is 0 Å². The Labute approximate surface area is 410 Å². The number of para-hydroxylation sites is 2. The van der Waals surface area contributed by atoms with Crippen LogP contribution in [0, 0.1) is 11.6 Å². The summed E-state index contributed by atoms with van der Waals surface area (Å²) in [6.45, 7) is 4.67. The lowest BCUT2D eigenvalue weighted by Crippen LogP contribution is -2.28. The summed E-state index contributed by atoms with van der Waals surface area (Å²) in [6.07, 6.45) is 10.3. The summed E-state index contributed by atoms with van der Waals surface area (Å²) in [5.74, 6) is 0.797. The molecule has 70 heavy (non-hydrogen) atoms. The molecule has 1 fully saturated rings. The van der Waals surface area contributed by atoms with Gasteiger partial charge in [0.05, 0.1) is 47.1 Å². The van der Waals surface area contributed by atoms with Gasteiger partial charge < -0.3 is 20.4 Å². The largest absolute Gasteiger partial charge is 0.358 e. The lowest BCUT2D eigenvalue weighted by Gasteiger charge is -2.24. The molecule has 0 bridgehead atoms. The average Bonchev–Trinajstić information content (AvgIpc) is 4.05. The highest BCUT2D eigenvalue weighted by Crippen LogP contribution is 2.31. The van der Waals surface area contributed by atoms with Gasteiger partial charge in [0.1, 0.15) is 58.5 Å². The molecule has 358 valence electrons. The van der Waals surface area contributed by atoms with Crippen LogP contribution in [-0.2, 0) is 4.74 Å². The van der Waals surface area contributed by atoms with Crippen LogP contribution in [0.2, 0.25) is 0 Å². The zero-order chi connectivity index (χ0) is 46.7. The SMILES string of the molecule is CC[C@H](Nc1ncnc2c1ncn2C1CCCCO1)c1nc2cccc(F)c2c(=O)n1-c1ccccc1.CC[C@H](Nc1ncnc2nc[nH]c12)c1nc2cccc(F)c2c(=O)n1-c1ccccc1.Cl.Cl. The van der Waals surface area contributed by atoms with Gasteiger partial charge in [-0.15, -0.1) is 24.8 Å². The monoisotopic (exact) mass is 986 g/mol. The molecule has 3 atom stereocenters. The Bertz CT molecular complexity index is 3550. The van der Waals surface area contributed by atoms with E-state index in [2.05, 4.69) is 45.5 Å². The molecule has 0 aliphatic carbocycles. The fraction of sp³-hybridized carbons (Fsp3) is 0.224. The Balaban J connectivity index is 0.000000186. The number of H-pyrrole nitrogens is 1. The van der Waals surface area contributed by atoms with Crippen LogP contribution in [0.5, 0.6) is 0 Å². The zero-order valence-corrected chi connectivity index (χ0v) is 39.4. The number of halogens is 4. The van der Waals surface area contributed by atoms with Gasteiger partial charge in [0.25, 0.3) is 11.1 Å². The maximum atomic E-state index is 14.7. The molecule has 0 radical (unpaired) electrons. The predicted octanol–water partition coefficient (Wildman–Crippen LogP) is 9.52. The minimum absolute atomic E-state index is 0. The first-order valence-electron chi connectivity index (χ1n) is 22.3. The van der Waals surface area contributed by atoms with E-state index in [0.717, 1.165) is 19.3 Å². The highest BCUT2D eigenvalue weighted by atomic mass is 35.5. The van der Waals surface area contributed by atoms with Crippen LogP contribution >= 0.6 is 24.8 Å². The lowest BCUT2D eigenvalue weighted by atomic mass is 10.1. The fourth-order valence-corrected chi connectivity index (χ4v) is 8.55. The molecule has 11 rings (SSSR count). The van der Waals surface area contributed by atoms with Gasteiger partial charge in [-0.2, -0.15) is 0 Å².